The number of aryl methyl sites for hydroxylation is 2. The van der Waals surface area contributed by atoms with Gasteiger partial charge in [-0.05, 0) is 72.9 Å². The molecule has 18 heteroatoms. The molecule has 7 atom stereocenters. The number of nitrogens with zero attached hydrogens (tertiary/aromatic N) is 2. The minimum atomic E-state index is -2.33. The molecule has 2 fully saturated rings. The third-order valence-corrected chi connectivity index (χ3v) is 18.5. The smallest absolute Gasteiger partial charge is 0.330 e. The predicted molar refractivity (Wildman–Crippen MR) is 253 cm³/mol. The van der Waals surface area contributed by atoms with Crippen LogP contribution in [0.3, 0.4) is 0 Å². The summed E-state index contributed by atoms with van der Waals surface area (Å²) in [4.78, 5) is 55.7. The summed E-state index contributed by atoms with van der Waals surface area (Å²) in [6, 6.07) is 25.3. The molecule has 0 spiro atoms. The molecule has 4 heterocycles. The summed E-state index contributed by atoms with van der Waals surface area (Å²) in [7, 11) is -0.728. The highest BCUT2D eigenvalue weighted by molar-refractivity contribution is 7.46. The fourth-order valence-electron chi connectivity index (χ4n) is 8.11. The largest absolute Gasteiger partial charge is 0.497 e. The second kappa shape index (κ2) is 20.1. The normalized spacial score (nSPS) is 21.8. The lowest BCUT2D eigenvalue weighted by Crippen LogP contribution is -2.46. The van der Waals surface area contributed by atoms with E-state index < -0.39 is 81.7 Å². The third-order valence-electron chi connectivity index (χ3n) is 12.9. The van der Waals surface area contributed by atoms with Gasteiger partial charge in [0.15, 0.2) is 16.7 Å². The highest BCUT2D eigenvalue weighted by Gasteiger charge is 2.47. The van der Waals surface area contributed by atoms with Crippen molar-refractivity contribution in [2.75, 3.05) is 34.1 Å². The lowest BCUT2D eigenvalue weighted by Gasteiger charge is -2.39. The van der Waals surface area contributed by atoms with Crippen LogP contribution in [-0.4, -0.2) is 85.9 Å². The van der Waals surface area contributed by atoms with Crippen LogP contribution in [0.1, 0.15) is 73.9 Å². The van der Waals surface area contributed by atoms with Crippen molar-refractivity contribution in [1.82, 2.24) is 19.1 Å². The maximum absolute atomic E-state index is 13.3. The molecule has 0 aliphatic carbocycles. The van der Waals surface area contributed by atoms with E-state index in [0.717, 1.165) is 16.7 Å². The zero-order valence-corrected chi connectivity index (χ0v) is 41.1. The first-order valence-corrected chi connectivity index (χ1v) is 26.5. The van der Waals surface area contributed by atoms with Crippen molar-refractivity contribution < 1.29 is 37.2 Å². The van der Waals surface area contributed by atoms with Gasteiger partial charge in [-0.2, -0.15) is 0 Å². The van der Waals surface area contributed by atoms with E-state index in [-0.39, 0.29) is 24.7 Å². The van der Waals surface area contributed by atoms with Gasteiger partial charge in [0.05, 0.1) is 39.6 Å². The summed E-state index contributed by atoms with van der Waals surface area (Å²) < 4.78 is 54.5. The minimum Gasteiger partial charge on any atom is -0.497 e. The Labute approximate surface area is 386 Å². The van der Waals surface area contributed by atoms with Gasteiger partial charge in [0.2, 0.25) is 0 Å². The highest BCUT2D eigenvalue weighted by Crippen LogP contribution is 2.47. The number of ether oxygens (including phenoxy) is 5. The standard InChI is InChI=1S/C48H61N4O12PSi/c1-30-26-51(45(55)49-43(30)53)41-24-37(63-65(8)60-29-40-38(64-66(9,10)47(3,4)5)25-42(62-40)52-27-31(2)44(54)50-46(52)56)39(61-41)28-59-48(32-14-12-11-13-15-32,33-16-20-35(57-6)21-17-33)34-18-22-36(58-7)23-19-34/h11-23,26-27,37-42H,24-25,28-29H2,1-10H3,(H,49,53,55)(H,50,54,56)/t37-,38-,39+,40+,41+,42+,65?/m0/s1. The highest BCUT2D eigenvalue weighted by atomic mass is 31.2. The number of methoxy groups -OCH3 is 2. The number of benzene rings is 3. The van der Waals surface area contributed by atoms with Crippen LogP contribution in [0.5, 0.6) is 11.5 Å². The Balaban J connectivity index is 1.19. The summed E-state index contributed by atoms with van der Waals surface area (Å²) in [6.07, 6.45) is -0.303. The summed E-state index contributed by atoms with van der Waals surface area (Å²) in [5.74, 6) is 1.36. The number of nitrogens with one attached hydrogen (secondary N) is 2. The summed E-state index contributed by atoms with van der Waals surface area (Å²) >= 11 is 0. The van der Waals surface area contributed by atoms with E-state index in [9.17, 15) is 19.2 Å². The molecule has 66 heavy (non-hydrogen) atoms. The molecule has 16 nitrogen and oxygen atoms in total. The Bertz CT molecular complexity index is 2630. The molecule has 2 aliphatic rings. The molecular weight excluding hydrogens is 884 g/mol. The van der Waals surface area contributed by atoms with Crippen LogP contribution < -0.4 is 32.0 Å². The lowest BCUT2D eigenvalue weighted by atomic mass is 9.80. The van der Waals surface area contributed by atoms with E-state index in [1.807, 2.05) is 85.5 Å². The predicted octanol–water partition coefficient (Wildman–Crippen LogP) is 7.04. The van der Waals surface area contributed by atoms with Gasteiger partial charge in [-0.25, -0.2) is 9.59 Å². The Morgan fingerprint density at radius 3 is 1.61 bits per heavy atom. The second-order valence-electron chi connectivity index (χ2n) is 18.3. The SMILES string of the molecule is COc1ccc(C(OC[C@H]2O[C@@H](n3cc(C)c(=O)[nH]c3=O)C[C@@H]2OP(C)OC[C@H]2O[C@@H](n3cc(C)c(=O)[nH]c3=O)C[C@@H]2O[Si](C)(C)C(C)(C)C)(c2ccccc2)c2ccc(OC)cc2)cc1. The molecule has 5 aromatic rings. The number of aromatic amines is 2. The maximum atomic E-state index is 13.3. The van der Waals surface area contributed by atoms with E-state index in [1.54, 1.807) is 28.1 Å². The number of rotatable bonds is 17. The lowest BCUT2D eigenvalue weighted by molar-refractivity contribution is -0.0922. The van der Waals surface area contributed by atoms with Crippen LogP contribution in [0.15, 0.2) is 110 Å². The summed E-state index contributed by atoms with van der Waals surface area (Å²) in [5.41, 5.74) is -0.0575. The second-order valence-corrected chi connectivity index (χ2v) is 24.4. The Morgan fingerprint density at radius 1 is 0.682 bits per heavy atom. The molecule has 1 unspecified atom stereocenters. The molecule has 0 bridgehead atoms. The van der Waals surface area contributed by atoms with Crippen LogP contribution in [-0.2, 0) is 33.3 Å². The van der Waals surface area contributed by atoms with Crippen LogP contribution in [0.2, 0.25) is 18.1 Å². The molecule has 2 aromatic heterocycles. The zero-order valence-electron chi connectivity index (χ0n) is 39.2. The first-order chi connectivity index (χ1) is 31.3. The molecular formula is C48H61N4O12PSi. The zero-order chi connectivity index (χ0) is 47.6. The van der Waals surface area contributed by atoms with Crippen molar-refractivity contribution in [2.45, 2.75) is 108 Å². The fraction of sp³-hybridized carbons (Fsp3) is 0.458. The topological polar surface area (TPSA) is 184 Å². The monoisotopic (exact) mass is 944 g/mol. The van der Waals surface area contributed by atoms with Crippen molar-refractivity contribution in [3.05, 3.63) is 161 Å². The molecule has 0 radical (unpaired) electrons. The molecule has 354 valence electrons. The van der Waals surface area contributed by atoms with Gasteiger partial charge in [-0.1, -0.05) is 75.4 Å². The summed E-state index contributed by atoms with van der Waals surface area (Å²) in [5, 5.41) is -0.108. The van der Waals surface area contributed by atoms with E-state index >= 15 is 0 Å². The van der Waals surface area contributed by atoms with Gasteiger partial charge in [0.25, 0.3) is 11.1 Å². The van der Waals surface area contributed by atoms with Gasteiger partial charge >= 0.3 is 11.4 Å². The van der Waals surface area contributed by atoms with Gasteiger partial charge in [-0.15, -0.1) is 0 Å². The van der Waals surface area contributed by atoms with E-state index in [1.165, 1.54) is 21.5 Å². The first kappa shape index (κ1) is 48.9. The van der Waals surface area contributed by atoms with Gasteiger partial charge in [0, 0.05) is 43.0 Å². The molecule has 0 amide bonds. The van der Waals surface area contributed by atoms with Gasteiger partial charge < -0.3 is 37.2 Å². The van der Waals surface area contributed by atoms with Crippen LogP contribution in [0.4, 0.5) is 0 Å². The molecule has 0 saturated carbocycles. The average molecular weight is 945 g/mol. The van der Waals surface area contributed by atoms with Crippen LogP contribution in [0, 0.1) is 13.8 Å². The Hall–Kier alpha value is -4.97. The molecule has 7 rings (SSSR count). The minimum absolute atomic E-state index is 0.00242. The van der Waals surface area contributed by atoms with E-state index in [4.69, 9.17) is 37.2 Å². The van der Waals surface area contributed by atoms with E-state index in [0.29, 0.717) is 29.0 Å². The van der Waals surface area contributed by atoms with Crippen LogP contribution in [0.25, 0.3) is 0 Å². The fourth-order valence-corrected chi connectivity index (χ4v) is 10.5. The van der Waals surface area contributed by atoms with Gasteiger partial charge in [-0.3, -0.25) is 28.7 Å². The Kier molecular flexibility index (Phi) is 14.9. The van der Waals surface area contributed by atoms with Crippen molar-refractivity contribution >= 4 is 16.7 Å². The summed E-state index contributed by atoms with van der Waals surface area (Å²) in [6.45, 7) is 16.0. The van der Waals surface area contributed by atoms with E-state index in [2.05, 4.69) is 43.8 Å². The molecule has 2 saturated heterocycles. The Morgan fingerprint density at radius 2 is 1.14 bits per heavy atom. The van der Waals surface area contributed by atoms with Crippen molar-refractivity contribution in [2.24, 2.45) is 0 Å². The molecule has 2 N–H and O–H groups in total. The quantitative estimate of drug-likeness (QED) is 0.0552. The van der Waals surface area contributed by atoms with Crippen molar-refractivity contribution in [3.8, 4) is 11.5 Å². The maximum Gasteiger partial charge on any atom is 0.330 e. The number of aromatic nitrogens is 4. The molecule has 2 aliphatic heterocycles. The first-order valence-electron chi connectivity index (χ1n) is 22.0. The number of hydrogen-bond donors (Lipinski definition) is 2. The number of H-pyrrole nitrogens is 2. The average Bonchev–Trinajstić information content (AvgIpc) is 3.88. The van der Waals surface area contributed by atoms with Crippen molar-refractivity contribution in [1.29, 1.82) is 0 Å². The number of hydrogen-bond acceptors (Lipinski definition) is 12. The van der Waals surface area contributed by atoms with Crippen molar-refractivity contribution in [3.63, 3.8) is 0 Å². The van der Waals surface area contributed by atoms with Crippen LogP contribution >= 0.6 is 8.38 Å². The third kappa shape index (κ3) is 10.4. The van der Waals surface area contributed by atoms with Gasteiger partial charge in [0.1, 0.15) is 41.8 Å². The molecule has 3 aromatic carbocycles.